The Morgan fingerprint density at radius 3 is 2.96 bits per heavy atom. The number of hydrogen-bond donors (Lipinski definition) is 2. The van der Waals surface area contributed by atoms with E-state index in [1.807, 2.05) is 0 Å². The van der Waals surface area contributed by atoms with Crippen molar-refractivity contribution < 1.29 is 27.8 Å². The molecule has 0 aromatic heterocycles. The molecule has 1 saturated carbocycles. The van der Waals surface area contributed by atoms with E-state index < -0.39 is 6.29 Å². The van der Waals surface area contributed by atoms with Gasteiger partial charge in [0.1, 0.15) is 0 Å². The van der Waals surface area contributed by atoms with Crippen LogP contribution in [-0.2, 0) is 9.53 Å². The number of morpholine rings is 1. The summed E-state index contributed by atoms with van der Waals surface area (Å²) in [5.74, 6) is -0.371. The van der Waals surface area contributed by atoms with Crippen molar-refractivity contribution in [3.05, 3.63) is 18.2 Å². The number of anilines is 1. The summed E-state index contributed by atoms with van der Waals surface area (Å²) in [4.78, 5) is 12.5. The van der Waals surface area contributed by atoms with E-state index in [0.29, 0.717) is 18.7 Å². The molecular formula is C16H18F2N2O4. The summed E-state index contributed by atoms with van der Waals surface area (Å²) < 4.78 is 40.5. The smallest absolute Gasteiger partial charge is 0.395 e. The van der Waals surface area contributed by atoms with E-state index in [0.717, 1.165) is 19.4 Å². The van der Waals surface area contributed by atoms with E-state index >= 15 is 0 Å². The van der Waals surface area contributed by atoms with Gasteiger partial charge in [0.25, 0.3) is 0 Å². The third-order valence-corrected chi connectivity index (χ3v) is 4.67. The second kappa shape index (κ2) is 5.86. The molecule has 6 nitrogen and oxygen atoms in total. The van der Waals surface area contributed by atoms with Crippen molar-refractivity contribution in [1.82, 2.24) is 5.32 Å². The van der Waals surface area contributed by atoms with E-state index in [1.165, 1.54) is 18.2 Å². The van der Waals surface area contributed by atoms with Gasteiger partial charge < -0.3 is 24.8 Å². The molecule has 2 aliphatic heterocycles. The molecule has 2 N–H and O–H groups in total. The zero-order chi connectivity index (χ0) is 16.7. The molecule has 0 bridgehead atoms. The standard InChI is InChI=1S/C16H18F2N2O4/c17-16(18)23-13-4-2-10(8-14(13)24-16)20-15(21)9-1-3-12-11(7-9)19-5-6-22-12/h2,4,8-9,11-12,19H,1,3,5-7H2,(H,20,21)/t9-,11+,12+/m0/s1. The van der Waals surface area contributed by atoms with E-state index in [-0.39, 0.29) is 35.5 Å². The van der Waals surface area contributed by atoms with Crippen molar-refractivity contribution in [3.63, 3.8) is 0 Å². The predicted octanol–water partition coefficient (Wildman–Crippen LogP) is 2.10. The minimum atomic E-state index is -3.66. The number of hydrogen-bond acceptors (Lipinski definition) is 5. The first-order valence-electron chi connectivity index (χ1n) is 8.06. The number of alkyl halides is 2. The molecule has 4 rings (SSSR count). The number of ether oxygens (including phenoxy) is 3. The fourth-order valence-electron chi connectivity index (χ4n) is 3.52. The summed E-state index contributed by atoms with van der Waals surface area (Å²) in [7, 11) is 0. The van der Waals surface area contributed by atoms with Crippen LogP contribution in [0.15, 0.2) is 18.2 Å². The first-order chi connectivity index (χ1) is 11.5. The molecule has 1 aromatic carbocycles. The second-order valence-electron chi connectivity index (χ2n) is 6.30. The lowest BCUT2D eigenvalue weighted by Gasteiger charge is -2.39. The average Bonchev–Trinajstić information content (AvgIpc) is 2.87. The third-order valence-electron chi connectivity index (χ3n) is 4.67. The Hall–Kier alpha value is -1.93. The normalized spacial score (nSPS) is 30.5. The number of fused-ring (bicyclic) bond motifs is 2. The predicted molar refractivity (Wildman–Crippen MR) is 80.1 cm³/mol. The van der Waals surface area contributed by atoms with Crippen LogP contribution in [0.3, 0.4) is 0 Å². The van der Waals surface area contributed by atoms with Crippen molar-refractivity contribution in [2.75, 3.05) is 18.5 Å². The Labute approximate surface area is 137 Å². The third kappa shape index (κ3) is 3.03. The molecule has 3 aliphatic rings. The van der Waals surface area contributed by atoms with Crippen LogP contribution in [0, 0.1) is 5.92 Å². The molecule has 1 saturated heterocycles. The topological polar surface area (TPSA) is 68.8 Å². The number of halogens is 2. The minimum Gasteiger partial charge on any atom is -0.395 e. The Kier molecular flexibility index (Phi) is 3.80. The number of benzene rings is 1. The van der Waals surface area contributed by atoms with Gasteiger partial charge in [0, 0.05) is 30.3 Å². The quantitative estimate of drug-likeness (QED) is 0.863. The molecule has 0 spiro atoms. The molecule has 0 unspecified atom stereocenters. The number of carbonyl (C=O) groups is 1. The average molecular weight is 340 g/mol. The van der Waals surface area contributed by atoms with Crippen LogP contribution in [0.1, 0.15) is 19.3 Å². The lowest BCUT2D eigenvalue weighted by Crippen LogP contribution is -2.52. The maximum atomic E-state index is 13.0. The van der Waals surface area contributed by atoms with Crippen LogP contribution in [0.4, 0.5) is 14.5 Å². The van der Waals surface area contributed by atoms with Crippen LogP contribution in [-0.4, -0.2) is 37.5 Å². The van der Waals surface area contributed by atoms with Crippen molar-refractivity contribution >= 4 is 11.6 Å². The van der Waals surface area contributed by atoms with Gasteiger partial charge in [0.2, 0.25) is 5.91 Å². The van der Waals surface area contributed by atoms with E-state index in [1.54, 1.807) is 0 Å². The van der Waals surface area contributed by atoms with Crippen molar-refractivity contribution in [2.45, 2.75) is 37.7 Å². The second-order valence-corrected chi connectivity index (χ2v) is 6.30. The lowest BCUT2D eigenvalue weighted by molar-refractivity contribution is -0.286. The maximum Gasteiger partial charge on any atom is 0.586 e. The zero-order valence-corrected chi connectivity index (χ0v) is 12.9. The first kappa shape index (κ1) is 15.6. The summed E-state index contributed by atoms with van der Waals surface area (Å²) in [6.07, 6.45) is -1.19. The summed E-state index contributed by atoms with van der Waals surface area (Å²) in [6, 6.07) is 4.43. The first-order valence-corrected chi connectivity index (χ1v) is 8.06. The van der Waals surface area contributed by atoms with Gasteiger partial charge in [-0.2, -0.15) is 0 Å². The Bertz CT molecular complexity index is 655. The van der Waals surface area contributed by atoms with Crippen molar-refractivity contribution in [3.8, 4) is 11.5 Å². The largest absolute Gasteiger partial charge is 0.586 e. The lowest BCUT2D eigenvalue weighted by atomic mass is 9.82. The van der Waals surface area contributed by atoms with Gasteiger partial charge in [-0.1, -0.05) is 0 Å². The fourth-order valence-corrected chi connectivity index (χ4v) is 3.52. The number of amides is 1. The Balaban J connectivity index is 1.40. The van der Waals surface area contributed by atoms with E-state index in [2.05, 4.69) is 20.1 Å². The van der Waals surface area contributed by atoms with Crippen molar-refractivity contribution in [1.29, 1.82) is 0 Å². The summed E-state index contributed by atoms with van der Waals surface area (Å²) >= 11 is 0. The number of nitrogens with one attached hydrogen (secondary N) is 2. The molecule has 1 amide bonds. The highest BCUT2D eigenvalue weighted by Gasteiger charge is 2.43. The molecule has 2 heterocycles. The van der Waals surface area contributed by atoms with Gasteiger partial charge in [-0.05, 0) is 31.4 Å². The Morgan fingerprint density at radius 1 is 1.25 bits per heavy atom. The molecule has 2 fully saturated rings. The van der Waals surface area contributed by atoms with Gasteiger partial charge in [-0.25, -0.2) is 0 Å². The van der Waals surface area contributed by atoms with Gasteiger partial charge >= 0.3 is 6.29 Å². The molecule has 0 radical (unpaired) electrons. The monoisotopic (exact) mass is 340 g/mol. The Morgan fingerprint density at radius 2 is 2.08 bits per heavy atom. The zero-order valence-electron chi connectivity index (χ0n) is 12.9. The summed E-state index contributed by atoms with van der Waals surface area (Å²) in [6.45, 7) is 1.51. The fraction of sp³-hybridized carbons (Fsp3) is 0.562. The summed E-state index contributed by atoms with van der Waals surface area (Å²) in [5, 5.41) is 6.16. The van der Waals surface area contributed by atoms with Crippen LogP contribution < -0.4 is 20.1 Å². The molecule has 8 heteroatoms. The highest BCUT2D eigenvalue weighted by atomic mass is 19.3. The van der Waals surface area contributed by atoms with Gasteiger partial charge in [-0.15, -0.1) is 8.78 Å². The minimum absolute atomic E-state index is 0.0398. The SMILES string of the molecule is O=C(Nc1ccc2c(c1)OC(F)(F)O2)[C@H]1CC[C@H]2OCCN[C@@H]2C1. The van der Waals surface area contributed by atoms with E-state index in [9.17, 15) is 13.6 Å². The summed E-state index contributed by atoms with van der Waals surface area (Å²) in [5.41, 5.74) is 0.412. The van der Waals surface area contributed by atoms with Gasteiger partial charge in [0.15, 0.2) is 11.5 Å². The van der Waals surface area contributed by atoms with Crippen LogP contribution in [0.2, 0.25) is 0 Å². The number of rotatable bonds is 2. The highest BCUT2D eigenvalue weighted by Crippen LogP contribution is 2.42. The van der Waals surface area contributed by atoms with Crippen molar-refractivity contribution in [2.24, 2.45) is 5.92 Å². The van der Waals surface area contributed by atoms with E-state index in [4.69, 9.17) is 4.74 Å². The van der Waals surface area contributed by atoms with Gasteiger partial charge in [-0.3, -0.25) is 4.79 Å². The molecule has 1 aliphatic carbocycles. The molecule has 130 valence electrons. The van der Waals surface area contributed by atoms with Crippen LogP contribution in [0.25, 0.3) is 0 Å². The van der Waals surface area contributed by atoms with Gasteiger partial charge in [0.05, 0.1) is 12.7 Å². The molecular weight excluding hydrogens is 322 g/mol. The van der Waals surface area contributed by atoms with Crippen LogP contribution in [0.5, 0.6) is 11.5 Å². The molecule has 24 heavy (non-hydrogen) atoms. The number of carbonyl (C=O) groups excluding carboxylic acids is 1. The molecule has 1 aromatic rings. The maximum absolute atomic E-state index is 13.0. The molecule has 3 atom stereocenters. The highest BCUT2D eigenvalue weighted by molar-refractivity contribution is 5.93. The van der Waals surface area contributed by atoms with Crippen LogP contribution >= 0.6 is 0 Å².